The first-order chi connectivity index (χ1) is 16.1. The third-order valence-electron chi connectivity index (χ3n) is 5.95. The molecular formula is C26H23ClN4O2. The molecule has 1 aromatic heterocycles. The zero-order valence-corrected chi connectivity index (χ0v) is 18.7. The first-order valence-electron chi connectivity index (χ1n) is 10.9. The van der Waals surface area contributed by atoms with E-state index in [1.165, 1.54) is 0 Å². The largest absolute Gasteiger partial charge is 0.368 e. The number of rotatable bonds is 4. The molecule has 7 heteroatoms. The molecule has 166 valence electrons. The van der Waals surface area contributed by atoms with Gasteiger partial charge in [-0.1, -0.05) is 48.0 Å². The van der Waals surface area contributed by atoms with Crippen molar-refractivity contribution in [3.05, 3.63) is 95.1 Å². The molecule has 0 bridgehead atoms. The van der Waals surface area contributed by atoms with Crippen molar-refractivity contribution in [1.82, 2.24) is 9.88 Å². The fourth-order valence-corrected chi connectivity index (χ4v) is 4.31. The average molecular weight is 459 g/mol. The molecule has 1 saturated heterocycles. The first-order valence-corrected chi connectivity index (χ1v) is 11.2. The Morgan fingerprint density at radius 3 is 2.21 bits per heavy atom. The summed E-state index contributed by atoms with van der Waals surface area (Å²) >= 11 is 5.95. The molecule has 2 N–H and O–H groups in total. The van der Waals surface area contributed by atoms with E-state index in [0.29, 0.717) is 35.1 Å². The van der Waals surface area contributed by atoms with Crippen LogP contribution in [0.1, 0.15) is 20.8 Å². The molecule has 1 aliphatic heterocycles. The van der Waals surface area contributed by atoms with Crippen LogP contribution in [0.15, 0.2) is 78.9 Å². The van der Waals surface area contributed by atoms with Crippen LogP contribution in [-0.2, 0) is 0 Å². The zero-order valence-electron chi connectivity index (χ0n) is 17.9. The van der Waals surface area contributed by atoms with E-state index < -0.39 is 0 Å². The molecule has 1 fully saturated rings. The van der Waals surface area contributed by atoms with Crippen LogP contribution in [0.25, 0.3) is 10.9 Å². The van der Waals surface area contributed by atoms with Crippen LogP contribution in [0.4, 0.5) is 11.4 Å². The van der Waals surface area contributed by atoms with Gasteiger partial charge in [0, 0.05) is 53.4 Å². The molecule has 33 heavy (non-hydrogen) atoms. The number of para-hydroxylation sites is 2. The number of carbonyl (C=O) groups excluding carboxylic acids is 2. The second-order valence-electron chi connectivity index (χ2n) is 8.00. The lowest BCUT2D eigenvalue weighted by Crippen LogP contribution is -2.49. The highest BCUT2D eigenvalue weighted by molar-refractivity contribution is 6.30. The van der Waals surface area contributed by atoms with Gasteiger partial charge in [0.1, 0.15) is 5.69 Å². The molecule has 0 saturated carbocycles. The highest BCUT2D eigenvalue weighted by Gasteiger charge is 2.27. The predicted molar refractivity (Wildman–Crippen MR) is 132 cm³/mol. The van der Waals surface area contributed by atoms with Crippen molar-refractivity contribution in [3.63, 3.8) is 0 Å². The van der Waals surface area contributed by atoms with Crippen molar-refractivity contribution in [1.29, 1.82) is 0 Å². The van der Waals surface area contributed by atoms with Crippen LogP contribution in [0, 0.1) is 0 Å². The van der Waals surface area contributed by atoms with Gasteiger partial charge in [0.15, 0.2) is 0 Å². The molecule has 1 aliphatic rings. The highest BCUT2D eigenvalue weighted by Crippen LogP contribution is 2.30. The Bertz CT molecular complexity index is 1290. The van der Waals surface area contributed by atoms with E-state index in [1.807, 2.05) is 47.4 Å². The fraction of sp³-hybridized carbons (Fsp3) is 0.154. The summed E-state index contributed by atoms with van der Waals surface area (Å²) in [6, 6.07) is 24.5. The number of halogens is 1. The van der Waals surface area contributed by atoms with E-state index in [0.717, 1.165) is 29.7 Å². The monoisotopic (exact) mass is 458 g/mol. The SMILES string of the molecule is O=C(Nc1c(C(=O)N2CCN(c3ccccc3)CC2)[nH]c2ccccc12)c1ccc(Cl)cc1. The smallest absolute Gasteiger partial charge is 0.272 e. The Balaban J connectivity index is 1.39. The summed E-state index contributed by atoms with van der Waals surface area (Å²) in [4.78, 5) is 33.8. The molecule has 4 aromatic rings. The van der Waals surface area contributed by atoms with Gasteiger partial charge in [0.2, 0.25) is 0 Å². The molecule has 0 aliphatic carbocycles. The number of piperazine rings is 1. The van der Waals surface area contributed by atoms with Crippen LogP contribution in [0.2, 0.25) is 5.02 Å². The standard InChI is InChI=1S/C26H23ClN4O2/c27-19-12-10-18(11-13-19)25(32)29-23-21-8-4-5-9-22(21)28-24(23)26(33)31-16-14-30(15-17-31)20-6-2-1-3-7-20/h1-13,28H,14-17H2,(H,29,32). The number of benzene rings is 3. The summed E-state index contributed by atoms with van der Waals surface area (Å²) < 4.78 is 0. The van der Waals surface area contributed by atoms with Gasteiger partial charge in [-0.15, -0.1) is 0 Å². The maximum atomic E-state index is 13.5. The molecule has 2 heterocycles. The average Bonchev–Trinajstić information content (AvgIpc) is 3.23. The van der Waals surface area contributed by atoms with Crippen LogP contribution in [0.3, 0.4) is 0 Å². The minimum atomic E-state index is -0.292. The molecule has 2 amide bonds. The molecule has 0 spiro atoms. The summed E-state index contributed by atoms with van der Waals surface area (Å²) in [7, 11) is 0. The molecule has 6 nitrogen and oxygen atoms in total. The topological polar surface area (TPSA) is 68.4 Å². The van der Waals surface area contributed by atoms with Crippen LogP contribution in [-0.4, -0.2) is 47.9 Å². The van der Waals surface area contributed by atoms with Crippen molar-refractivity contribution in [2.75, 3.05) is 36.4 Å². The quantitative estimate of drug-likeness (QED) is 0.450. The summed E-state index contributed by atoms with van der Waals surface area (Å²) in [5.41, 5.74) is 3.33. The van der Waals surface area contributed by atoms with Crippen molar-refractivity contribution in [3.8, 4) is 0 Å². The molecule has 0 atom stereocenters. The maximum Gasteiger partial charge on any atom is 0.272 e. The van der Waals surface area contributed by atoms with Gasteiger partial charge in [-0.25, -0.2) is 0 Å². The fourth-order valence-electron chi connectivity index (χ4n) is 4.18. The predicted octanol–water partition coefficient (Wildman–Crippen LogP) is 5.04. The summed E-state index contributed by atoms with van der Waals surface area (Å²) in [6.45, 7) is 2.71. The van der Waals surface area contributed by atoms with E-state index in [-0.39, 0.29) is 11.8 Å². The lowest BCUT2D eigenvalue weighted by atomic mass is 10.1. The summed E-state index contributed by atoms with van der Waals surface area (Å²) in [6.07, 6.45) is 0. The Morgan fingerprint density at radius 1 is 0.818 bits per heavy atom. The van der Waals surface area contributed by atoms with Crippen LogP contribution < -0.4 is 10.2 Å². The summed E-state index contributed by atoms with van der Waals surface area (Å²) in [5.74, 6) is -0.412. The molecule has 5 rings (SSSR count). The maximum absolute atomic E-state index is 13.5. The number of H-pyrrole nitrogens is 1. The number of nitrogens with one attached hydrogen (secondary N) is 2. The number of hydrogen-bond acceptors (Lipinski definition) is 3. The second-order valence-corrected chi connectivity index (χ2v) is 8.43. The van der Waals surface area contributed by atoms with E-state index >= 15 is 0 Å². The van der Waals surface area contributed by atoms with E-state index in [1.54, 1.807) is 24.3 Å². The Hall–Kier alpha value is -3.77. The second kappa shape index (κ2) is 9.00. The summed E-state index contributed by atoms with van der Waals surface area (Å²) in [5, 5.41) is 4.31. The number of anilines is 2. The number of carbonyl (C=O) groups is 2. The third-order valence-corrected chi connectivity index (χ3v) is 6.21. The van der Waals surface area contributed by atoms with Gasteiger partial charge in [-0.05, 0) is 42.5 Å². The lowest BCUT2D eigenvalue weighted by molar-refractivity contribution is 0.0743. The molecule has 0 unspecified atom stereocenters. The van der Waals surface area contributed by atoms with E-state index in [2.05, 4.69) is 27.3 Å². The lowest BCUT2D eigenvalue weighted by Gasteiger charge is -2.36. The van der Waals surface area contributed by atoms with Gasteiger partial charge in [-0.2, -0.15) is 0 Å². The number of amides is 2. The number of fused-ring (bicyclic) bond motifs is 1. The van der Waals surface area contributed by atoms with E-state index in [4.69, 9.17) is 11.6 Å². The minimum absolute atomic E-state index is 0.120. The van der Waals surface area contributed by atoms with Crippen molar-refractivity contribution < 1.29 is 9.59 Å². The Labute approximate surface area is 196 Å². The van der Waals surface area contributed by atoms with Crippen molar-refractivity contribution in [2.45, 2.75) is 0 Å². The van der Waals surface area contributed by atoms with Gasteiger partial charge >= 0.3 is 0 Å². The normalized spacial score (nSPS) is 13.8. The van der Waals surface area contributed by atoms with Gasteiger partial charge in [-0.3, -0.25) is 9.59 Å². The van der Waals surface area contributed by atoms with Gasteiger partial charge in [0.25, 0.3) is 11.8 Å². The molecule has 0 radical (unpaired) electrons. The number of aromatic nitrogens is 1. The van der Waals surface area contributed by atoms with Crippen molar-refractivity contribution >= 4 is 45.7 Å². The number of aromatic amines is 1. The molecular weight excluding hydrogens is 436 g/mol. The van der Waals surface area contributed by atoms with Gasteiger partial charge in [0.05, 0.1) is 5.69 Å². The van der Waals surface area contributed by atoms with Crippen LogP contribution in [0.5, 0.6) is 0 Å². The Kier molecular flexibility index (Phi) is 5.75. The zero-order chi connectivity index (χ0) is 22.8. The highest BCUT2D eigenvalue weighted by atomic mass is 35.5. The molecule has 3 aromatic carbocycles. The van der Waals surface area contributed by atoms with E-state index in [9.17, 15) is 9.59 Å². The Morgan fingerprint density at radius 2 is 1.48 bits per heavy atom. The first kappa shape index (κ1) is 21.1. The minimum Gasteiger partial charge on any atom is -0.368 e. The number of nitrogens with zero attached hydrogens (tertiary/aromatic N) is 2. The van der Waals surface area contributed by atoms with Crippen molar-refractivity contribution in [2.24, 2.45) is 0 Å². The van der Waals surface area contributed by atoms with Crippen LogP contribution >= 0.6 is 11.6 Å². The number of hydrogen-bond donors (Lipinski definition) is 2. The third kappa shape index (κ3) is 4.30. The van der Waals surface area contributed by atoms with Gasteiger partial charge < -0.3 is 20.1 Å².